The van der Waals surface area contributed by atoms with Crippen LogP contribution in [0.25, 0.3) is 10.9 Å². The molecule has 3 N–H and O–H groups in total. The van der Waals surface area contributed by atoms with Crippen LogP contribution in [-0.4, -0.2) is 24.1 Å². The zero-order chi connectivity index (χ0) is 18.6. The molecule has 0 aliphatic rings. The number of pyridine rings is 1. The topological polar surface area (TPSA) is 74.0 Å². The maximum absolute atomic E-state index is 12.2. The van der Waals surface area contributed by atoms with Crippen molar-refractivity contribution in [2.24, 2.45) is 5.41 Å². The van der Waals surface area contributed by atoms with Gasteiger partial charge in [0.15, 0.2) is 0 Å². The number of H-pyrrole nitrogens is 1. The lowest BCUT2D eigenvalue weighted by Crippen LogP contribution is -2.40. The molecule has 0 saturated heterocycles. The molecule has 0 radical (unpaired) electrons. The first-order chi connectivity index (χ1) is 11.7. The number of carbonyl (C=O) groups is 1. The minimum absolute atomic E-state index is 0.0426. The lowest BCUT2D eigenvalue weighted by Gasteiger charge is -2.18. The van der Waals surface area contributed by atoms with Crippen LogP contribution < -0.4 is 16.2 Å². The van der Waals surface area contributed by atoms with Gasteiger partial charge in [-0.15, -0.1) is 0 Å². The van der Waals surface area contributed by atoms with Crippen LogP contribution in [0, 0.1) is 5.41 Å². The van der Waals surface area contributed by atoms with Gasteiger partial charge in [-0.05, 0) is 46.9 Å². The zero-order valence-corrected chi connectivity index (χ0v) is 15.8. The fourth-order valence-electron chi connectivity index (χ4n) is 2.53. The summed E-state index contributed by atoms with van der Waals surface area (Å²) in [5.74, 6) is 0.438. The third kappa shape index (κ3) is 5.62. The van der Waals surface area contributed by atoms with Gasteiger partial charge in [0, 0.05) is 24.2 Å². The number of hydrogen-bond donors (Lipinski definition) is 3. The van der Waals surface area contributed by atoms with Gasteiger partial charge >= 0.3 is 6.03 Å². The fourth-order valence-corrected chi connectivity index (χ4v) is 2.53. The molecule has 2 amide bonds. The van der Waals surface area contributed by atoms with Crippen LogP contribution in [0.2, 0.25) is 0 Å². The Kier molecular flexibility index (Phi) is 5.88. The summed E-state index contributed by atoms with van der Waals surface area (Å²) in [4.78, 5) is 26.9. The van der Waals surface area contributed by atoms with E-state index in [2.05, 4.69) is 56.3 Å². The van der Waals surface area contributed by atoms with Gasteiger partial charge in [0.2, 0.25) is 0 Å². The first kappa shape index (κ1) is 19.0. The van der Waals surface area contributed by atoms with Gasteiger partial charge in [0.25, 0.3) is 5.56 Å². The molecule has 0 spiro atoms. The molecule has 2 aromatic rings. The Labute approximate surface area is 149 Å². The molecule has 0 fully saturated rings. The van der Waals surface area contributed by atoms with Gasteiger partial charge in [0.1, 0.15) is 0 Å². The molecule has 1 aromatic carbocycles. The van der Waals surface area contributed by atoms with Gasteiger partial charge in [-0.25, -0.2) is 4.79 Å². The van der Waals surface area contributed by atoms with Crippen LogP contribution in [0.15, 0.2) is 29.1 Å². The Morgan fingerprint density at radius 1 is 1.16 bits per heavy atom. The number of fused-ring (bicyclic) bond motifs is 1. The number of urea groups is 1. The highest BCUT2D eigenvalue weighted by Gasteiger charge is 2.11. The Balaban J connectivity index is 2.02. The first-order valence-corrected chi connectivity index (χ1v) is 8.83. The maximum atomic E-state index is 12.2. The van der Waals surface area contributed by atoms with Crippen LogP contribution in [0.1, 0.15) is 51.7 Å². The number of amides is 2. The molecular formula is C20H29N3O2. The van der Waals surface area contributed by atoms with E-state index in [1.807, 2.05) is 18.2 Å². The number of aromatic nitrogens is 1. The molecule has 0 unspecified atom stereocenters. The summed E-state index contributed by atoms with van der Waals surface area (Å²) in [6.45, 7) is 11.5. The molecule has 0 atom stereocenters. The summed E-state index contributed by atoms with van der Waals surface area (Å²) >= 11 is 0. The SMILES string of the molecule is CC(C)c1ccc2[nH]c(=O)c(CCNC(=O)NCC(C)(C)C)cc2c1. The highest BCUT2D eigenvalue weighted by atomic mass is 16.2. The van der Waals surface area contributed by atoms with Gasteiger partial charge in [0.05, 0.1) is 0 Å². The Morgan fingerprint density at radius 2 is 1.88 bits per heavy atom. The Hall–Kier alpha value is -2.30. The fraction of sp³-hybridized carbons (Fsp3) is 0.500. The van der Waals surface area contributed by atoms with E-state index in [0.717, 1.165) is 10.9 Å². The average Bonchev–Trinajstić information content (AvgIpc) is 2.52. The van der Waals surface area contributed by atoms with Crippen LogP contribution in [0.4, 0.5) is 4.79 Å². The second kappa shape index (κ2) is 7.72. The molecular weight excluding hydrogens is 314 g/mol. The van der Waals surface area contributed by atoms with Crippen LogP contribution in [0.3, 0.4) is 0 Å². The van der Waals surface area contributed by atoms with Gasteiger partial charge in [-0.2, -0.15) is 0 Å². The van der Waals surface area contributed by atoms with E-state index < -0.39 is 0 Å². The van der Waals surface area contributed by atoms with Crippen molar-refractivity contribution in [3.8, 4) is 0 Å². The van der Waals surface area contributed by atoms with Crippen LogP contribution >= 0.6 is 0 Å². The van der Waals surface area contributed by atoms with E-state index in [9.17, 15) is 9.59 Å². The molecule has 0 aliphatic heterocycles. The summed E-state index contributed by atoms with van der Waals surface area (Å²) in [7, 11) is 0. The average molecular weight is 343 g/mol. The number of carbonyl (C=O) groups excluding carboxylic acids is 1. The number of hydrogen-bond acceptors (Lipinski definition) is 2. The molecule has 2 rings (SSSR count). The number of rotatable bonds is 5. The maximum Gasteiger partial charge on any atom is 0.314 e. The molecule has 25 heavy (non-hydrogen) atoms. The Bertz CT molecular complexity index is 801. The highest BCUT2D eigenvalue weighted by Crippen LogP contribution is 2.20. The van der Waals surface area contributed by atoms with Crippen molar-refractivity contribution in [2.45, 2.75) is 47.0 Å². The smallest absolute Gasteiger partial charge is 0.314 e. The molecule has 1 heterocycles. The van der Waals surface area contributed by atoms with Gasteiger partial charge in [-0.3, -0.25) is 4.79 Å². The summed E-state index contributed by atoms with van der Waals surface area (Å²) in [5, 5.41) is 6.67. The van der Waals surface area contributed by atoms with E-state index in [-0.39, 0.29) is 17.0 Å². The van der Waals surface area contributed by atoms with E-state index in [1.54, 1.807) is 0 Å². The van der Waals surface area contributed by atoms with Crippen molar-refractivity contribution in [2.75, 3.05) is 13.1 Å². The summed E-state index contributed by atoms with van der Waals surface area (Å²) < 4.78 is 0. The van der Waals surface area contributed by atoms with Gasteiger partial charge in [-0.1, -0.05) is 40.7 Å². The van der Waals surface area contributed by atoms with Gasteiger partial charge < -0.3 is 15.6 Å². The highest BCUT2D eigenvalue weighted by molar-refractivity contribution is 5.80. The van der Waals surface area contributed by atoms with E-state index in [0.29, 0.717) is 31.0 Å². The monoisotopic (exact) mass is 343 g/mol. The first-order valence-electron chi connectivity index (χ1n) is 8.83. The minimum Gasteiger partial charge on any atom is -0.338 e. The van der Waals surface area contributed by atoms with Crippen LogP contribution in [0.5, 0.6) is 0 Å². The van der Waals surface area contributed by atoms with Crippen molar-refractivity contribution >= 4 is 16.9 Å². The minimum atomic E-state index is -0.200. The summed E-state index contributed by atoms with van der Waals surface area (Å²) in [5.41, 5.74) is 2.71. The molecule has 0 aliphatic carbocycles. The van der Waals surface area contributed by atoms with Crippen molar-refractivity contribution in [1.29, 1.82) is 0 Å². The predicted octanol–water partition coefficient (Wildman–Crippen LogP) is 3.54. The zero-order valence-electron chi connectivity index (χ0n) is 15.8. The molecule has 5 heteroatoms. The van der Waals surface area contributed by atoms with Crippen molar-refractivity contribution in [1.82, 2.24) is 15.6 Å². The molecule has 1 aromatic heterocycles. The summed E-state index contributed by atoms with van der Waals surface area (Å²) in [6, 6.07) is 7.84. The lowest BCUT2D eigenvalue weighted by atomic mass is 9.97. The number of nitrogens with one attached hydrogen (secondary N) is 3. The molecule has 0 saturated carbocycles. The van der Waals surface area contributed by atoms with Crippen molar-refractivity contribution in [3.05, 3.63) is 45.7 Å². The third-order valence-electron chi connectivity index (χ3n) is 4.07. The quantitative estimate of drug-likeness (QED) is 0.777. The predicted molar refractivity (Wildman–Crippen MR) is 103 cm³/mol. The normalized spacial score (nSPS) is 11.8. The lowest BCUT2D eigenvalue weighted by molar-refractivity contribution is 0.235. The Morgan fingerprint density at radius 3 is 2.52 bits per heavy atom. The van der Waals surface area contributed by atoms with E-state index in [1.165, 1.54) is 5.56 Å². The second-order valence-corrected chi connectivity index (χ2v) is 8.05. The van der Waals surface area contributed by atoms with Crippen LogP contribution in [-0.2, 0) is 6.42 Å². The molecule has 5 nitrogen and oxygen atoms in total. The summed E-state index contributed by atoms with van der Waals surface area (Å²) in [6.07, 6.45) is 0.500. The van der Waals surface area contributed by atoms with Crippen molar-refractivity contribution in [3.63, 3.8) is 0 Å². The van der Waals surface area contributed by atoms with E-state index >= 15 is 0 Å². The standard InChI is InChI=1S/C20H29N3O2/c1-13(2)14-6-7-17-16(10-14)11-15(18(24)23-17)8-9-21-19(25)22-12-20(3,4)5/h6-7,10-11,13H,8-9,12H2,1-5H3,(H,23,24)(H2,21,22,25). The largest absolute Gasteiger partial charge is 0.338 e. The molecule has 0 bridgehead atoms. The van der Waals surface area contributed by atoms with E-state index in [4.69, 9.17) is 0 Å². The number of benzene rings is 1. The van der Waals surface area contributed by atoms with Crippen molar-refractivity contribution < 1.29 is 4.79 Å². The third-order valence-corrected chi connectivity index (χ3v) is 4.07. The molecule has 136 valence electrons. The second-order valence-electron chi connectivity index (χ2n) is 8.05. The number of aromatic amines is 1.